The highest BCUT2D eigenvalue weighted by Crippen LogP contribution is 2.40. The van der Waals surface area contributed by atoms with Gasteiger partial charge in [0.2, 0.25) is 5.91 Å². The fourth-order valence-electron chi connectivity index (χ4n) is 2.39. The molecule has 0 aromatic carbocycles. The van der Waals surface area contributed by atoms with E-state index in [1.54, 1.807) is 11.8 Å². The molecule has 1 aliphatic heterocycles. The van der Waals surface area contributed by atoms with Crippen LogP contribution < -0.4 is 0 Å². The van der Waals surface area contributed by atoms with Crippen LogP contribution >= 0.6 is 0 Å². The summed E-state index contributed by atoms with van der Waals surface area (Å²) in [6.45, 7) is 4.97. The van der Waals surface area contributed by atoms with Crippen molar-refractivity contribution in [2.75, 3.05) is 13.2 Å². The van der Waals surface area contributed by atoms with E-state index in [0.717, 1.165) is 19.3 Å². The third-order valence-corrected chi connectivity index (χ3v) is 3.52. The number of esters is 1. The maximum Gasteiger partial charge on any atom is 0.328 e. The van der Waals surface area contributed by atoms with Crippen LogP contribution in [0.4, 0.5) is 0 Å². The quantitative estimate of drug-likeness (QED) is 0.678. The van der Waals surface area contributed by atoms with E-state index in [2.05, 4.69) is 6.92 Å². The molecule has 3 atom stereocenters. The first-order valence-corrected chi connectivity index (χ1v) is 6.12. The molecule has 1 saturated carbocycles. The maximum absolute atomic E-state index is 12.1. The summed E-state index contributed by atoms with van der Waals surface area (Å²) >= 11 is 0. The van der Waals surface area contributed by atoms with E-state index in [0.29, 0.717) is 19.1 Å². The molecular formula is C12H19NO3. The van der Waals surface area contributed by atoms with E-state index < -0.39 is 0 Å². The van der Waals surface area contributed by atoms with Crippen LogP contribution in [0.25, 0.3) is 0 Å². The Hall–Kier alpha value is -1.06. The van der Waals surface area contributed by atoms with Crippen molar-refractivity contribution in [1.29, 1.82) is 0 Å². The van der Waals surface area contributed by atoms with Gasteiger partial charge in [-0.3, -0.25) is 4.79 Å². The van der Waals surface area contributed by atoms with Crippen LogP contribution in [0.2, 0.25) is 0 Å². The van der Waals surface area contributed by atoms with Gasteiger partial charge in [0.15, 0.2) is 0 Å². The molecule has 1 aliphatic carbocycles. The zero-order chi connectivity index (χ0) is 11.7. The molecule has 4 nitrogen and oxygen atoms in total. The number of nitrogens with zero attached hydrogens (tertiary/aromatic N) is 1. The second-order valence-electron chi connectivity index (χ2n) is 4.76. The van der Waals surface area contributed by atoms with E-state index in [1.807, 2.05) is 0 Å². The first kappa shape index (κ1) is 11.4. The van der Waals surface area contributed by atoms with Crippen molar-refractivity contribution in [2.24, 2.45) is 11.8 Å². The fourth-order valence-corrected chi connectivity index (χ4v) is 2.39. The number of likely N-dealkylation sites (tertiary alicyclic amines) is 1. The molecule has 2 fully saturated rings. The van der Waals surface area contributed by atoms with Crippen molar-refractivity contribution in [1.82, 2.24) is 4.90 Å². The first-order valence-electron chi connectivity index (χ1n) is 6.12. The van der Waals surface area contributed by atoms with Gasteiger partial charge in [-0.1, -0.05) is 6.92 Å². The Morgan fingerprint density at radius 3 is 2.69 bits per heavy atom. The van der Waals surface area contributed by atoms with Gasteiger partial charge in [0.25, 0.3) is 0 Å². The van der Waals surface area contributed by atoms with Gasteiger partial charge in [-0.2, -0.15) is 0 Å². The largest absolute Gasteiger partial charge is 0.464 e. The van der Waals surface area contributed by atoms with Crippen LogP contribution in [0.5, 0.6) is 0 Å². The number of ether oxygens (including phenoxy) is 1. The highest BCUT2D eigenvalue weighted by molar-refractivity contribution is 5.87. The highest BCUT2D eigenvalue weighted by atomic mass is 16.5. The van der Waals surface area contributed by atoms with Crippen LogP contribution in [0, 0.1) is 11.8 Å². The zero-order valence-corrected chi connectivity index (χ0v) is 9.94. The van der Waals surface area contributed by atoms with Gasteiger partial charge < -0.3 is 9.64 Å². The molecule has 2 aliphatic rings. The Labute approximate surface area is 95.9 Å². The maximum atomic E-state index is 12.1. The molecule has 90 valence electrons. The molecule has 0 bridgehead atoms. The summed E-state index contributed by atoms with van der Waals surface area (Å²) in [6, 6.07) is -0.319. The minimum absolute atomic E-state index is 0.156. The predicted molar refractivity (Wildman–Crippen MR) is 58.6 cm³/mol. The van der Waals surface area contributed by atoms with Gasteiger partial charge in [-0.05, 0) is 32.1 Å². The molecule has 2 rings (SSSR count). The number of carbonyl (C=O) groups is 2. The molecule has 16 heavy (non-hydrogen) atoms. The fraction of sp³-hybridized carbons (Fsp3) is 0.833. The summed E-state index contributed by atoms with van der Waals surface area (Å²) in [4.78, 5) is 25.5. The summed E-state index contributed by atoms with van der Waals surface area (Å²) < 4.78 is 5.00. The average Bonchev–Trinajstić information content (AvgIpc) is 2.82. The minimum atomic E-state index is -0.319. The summed E-state index contributed by atoms with van der Waals surface area (Å²) in [5, 5.41) is 0. The van der Waals surface area contributed by atoms with E-state index >= 15 is 0 Å². The third kappa shape index (κ3) is 2.06. The van der Waals surface area contributed by atoms with Crippen molar-refractivity contribution >= 4 is 11.9 Å². The topological polar surface area (TPSA) is 46.6 Å². The van der Waals surface area contributed by atoms with E-state index in [4.69, 9.17) is 4.74 Å². The second-order valence-corrected chi connectivity index (χ2v) is 4.76. The van der Waals surface area contributed by atoms with Crippen LogP contribution in [0.15, 0.2) is 0 Å². The molecular weight excluding hydrogens is 206 g/mol. The monoisotopic (exact) mass is 225 g/mol. The van der Waals surface area contributed by atoms with E-state index in [1.165, 1.54) is 0 Å². The number of hydrogen-bond donors (Lipinski definition) is 0. The van der Waals surface area contributed by atoms with Crippen LogP contribution in [0.1, 0.15) is 33.1 Å². The molecule has 0 spiro atoms. The lowest BCUT2D eigenvalue weighted by Gasteiger charge is -2.23. The average molecular weight is 225 g/mol. The molecule has 1 saturated heterocycles. The normalized spacial score (nSPS) is 32.6. The van der Waals surface area contributed by atoms with Gasteiger partial charge in [0.05, 0.1) is 6.61 Å². The molecule has 0 aromatic heterocycles. The van der Waals surface area contributed by atoms with Crippen molar-refractivity contribution < 1.29 is 14.3 Å². The zero-order valence-electron chi connectivity index (χ0n) is 9.94. The van der Waals surface area contributed by atoms with E-state index in [9.17, 15) is 9.59 Å². The molecule has 3 unspecified atom stereocenters. The third-order valence-electron chi connectivity index (χ3n) is 3.52. The minimum Gasteiger partial charge on any atom is -0.464 e. The van der Waals surface area contributed by atoms with E-state index in [-0.39, 0.29) is 23.8 Å². The lowest BCUT2D eigenvalue weighted by Crippen LogP contribution is -2.42. The Morgan fingerprint density at radius 2 is 2.12 bits per heavy atom. The summed E-state index contributed by atoms with van der Waals surface area (Å²) in [7, 11) is 0. The number of carbonyl (C=O) groups excluding carboxylic acids is 2. The van der Waals surface area contributed by atoms with Crippen molar-refractivity contribution in [2.45, 2.75) is 39.2 Å². The number of rotatable bonds is 3. The Bertz CT molecular complexity index is 303. The van der Waals surface area contributed by atoms with Crippen molar-refractivity contribution in [3.8, 4) is 0 Å². The SMILES string of the molecule is CCOC(=O)C1CCCN1C(=O)C1CC1C. The Morgan fingerprint density at radius 1 is 1.44 bits per heavy atom. The van der Waals surface area contributed by atoms with Crippen molar-refractivity contribution in [3.05, 3.63) is 0 Å². The van der Waals surface area contributed by atoms with Crippen molar-refractivity contribution in [3.63, 3.8) is 0 Å². The number of hydrogen-bond acceptors (Lipinski definition) is 3. The molecule has 0 aromatic rings. The van der Waals surface area contributed by atoms with Gasteiger partial charge in [0.1, 0.15) is 6.04 Å². The molecule has 0 radical (unpaired) electrons. The second kappa shape index (κ2) is 4.44. The molecule has 4 heteroatoms. The summed E-state index contributed by atoms with van der Waals surface area (Å²) in [5.41, 5.74) is 0. The van der Waals surface area contributed by atoms with Gasteiger partial charge in [-0.25, -0.2) is 4.79 Å². The number of amides is 1. The lowest BCUT2D eigenvalue weighted by atomic mass is 10.2. The lowest BCUT2D eigenvalue weighted by molar-refractivity contribution is -0.153. The Balaban J connectivity index is 1.97. The molecule has 1 amide bonds. The van der Waals surface area contributed by atoms with Gasteiger partial charge in [-0.15, -0.1) is 0 Å². The first-order chi connectivity index (χ1) is 7.65. The smallest absolute Gasteiger partial charge is 0.328 e. The van der Waals surface area contributed by atoms with Crippen LogP contribution in [0.3, 0.4) is 0 Å². The molecule has 1 heterocycles. The standard InChI is InChI=1S/C12H19NO3/c1-3-16-12(15)10-5-4-6-13(10)11(14)9-7-8(9)2/h8-10H,3-7H2,1-2H3. The Kier molecular flexibility index (Phi) is 3.17. The summed E-state index contributed by atoms with van der Waals surface area (Å²) in [6.07, 6.45) is 2.65. The van der Waals surface area contributed by atoms with Crippen LogP contribution in [-0.4, -0.2) is 36.0 Å². The predicted octanol–water partition coefficient (Wildman–Crippen LogP) is 1.20. The van der Waals surface area contributed by atoms with Crippen LogP contribution in [-0.2, 0) is 14.3 Å². The molecule has 0 N–H and O–H groups in total. The van der Waals surface area contributed by atoms with Gasteiger partial charge in [0, 0.05) is 12.5 Å². The highest BCUT2D eigenvalue weighted by Gasteiger charge is 2.45. The summed E-state index contributed by atoms with van der Waals surface area (Å²) in [5.74, 6) is 0.579. The van der Waals surface area contributed by atoms with Gasteiger partial charge >= 0.3 is 5.97 Å².